The van der Waals surface area contributed by atoms with Crippen LogP contribution in [0.2, 0.25) is 0 Å². The van der Waals surface area contributed by atoms with E-state index in [1.54, 1.807) is 0 Å². The second-order valence-electron chi connectivity index (χ2n) is 0.894. The summed E-state index contributed by atoms with van der Waals surface area (Å²) in [6, 6.07) is 0. The van der Waals surface area contributed by atoms with Crippen molar-refractivity contribution in [1.82, 2.24) is 0 Å². The van der Waals surface area contributed by atoms with E-state index in [-0.39, 0.29) is 138 Å². The summed E-state index contributed by atoms with van der Waals surface area (Å²) in [5.41, 5.74) is 0. The van der Waals surface area contributed by atoms with Crippen LogP contribution in [0.15, 0.2) is 0 Å². The summed E-state index contributed by atoms with van der Waals surface area (Å²) >= 11 is -11.8. The number of rotatable bonds is 0. The maximum Gasteiger partial charge on any atom is 4.00 e. The molecule has 0 aliphatic rings. The Bertz CT molecular complexity index is 132. The van der Waals surface area contributed by atoms with E-state index in [1.165, 1.54) is 0 Å². The molecule has 0 amide bonds. The second-order valence-corrected chi connectivity index (χ2v) is 4.65. The molecule has 0 aromatic heterocycles. The average molecular weight is 497 g/mol. The average Bonchev–Trinajstić information content (AvgIpc) is 1.12. The number of hydrogen-bond donors (Lipinski definition) is 0. The van der Waals surface area contributed by atoms with E-state index in [9.17, 15) is 0 Å². The molecule has 0 aromatic carbocycles. The van der Waals surface area contributed by atoms with Gasteiger partial charge < -0.3 is 0 Å². The molecule has 64 valence electrons. The Hall–Kier alpha value is 4.80. The monoisotopic (exact) mass is 496 g/mol. The molecule has 0 fully saturated rings. The number of hydrogen-bond acceptors (Lipinski definition) is 8. The minimum Gasteiger partial charge on any atom is 1.00 e. The quantitative estimate of drug-likeness (QED) is 0.297. The van der Waals surface area contributed by atoms with Crippen molar-refractivity contribution < 1.29 is 170 Å². The van der Waals surface area contributed by atoms with Crippen molar-refractivity contribution in [2.24, 2.45) is 0 Å². The molecule has 13 heavy (non-hydrogen) atoms. The summed E-state index contributed by atoms with van der Waals surface area (Å²) in [7, 11) is 0. The first-order valence-electron chi connectivity index (χ1n) is 1.46. The minimum atomic E-state index is -5.88. The van der Waals surface area contributed by atoms with Crippen LogP contribution in [-0.4, -0.2) is 29.0 Å². The third-order valence-electron chi connectivity index (χ3n) is 0. The summed E-state index contributed by atoms with van der Waals surface area (Å²) in [5, 5.41) is 0. The van der Waals surface area contributed by atoms with E-state index in [2.05, 4.69) is 0 Å². The Labute approximate surface area is 193 Å². The Morgan fingerprint density at radius 3 is 0.615 bits per heavy atom. The Morgan fingerprint density at radius 1 is 0.615 bits per heavy atom. The van der Waals surface area contributed by atoms with Crippen molar-refractivity contribution >= 4 is 29.0 Å². The molecular formula is As2O8Rb2Ti. The van der Waals surface area contributed by atoms with Gasteiger partial charge in [0, 0.05) is 0 Å². The molecule has 0 saturated heterocycles. The third kappa shape index (κ3) is 160. The zero-order valence-corrected chi connectivity index (χ0v) is 21.8. The fourth-order valence-electron chi connectivity index (χ4n) is 0. The molecule has 8 nitrogen and oxygen atoms in total. The summed E-state index contributed by atoms with van der Waals surface area (Å²) < 4.78 is 68.9. The largest absolute Gasteiger partial charge is 4.00 e. The van der Waals surface area contributed by atoms with Gasteiger partial charge in [0.2, 0.25) is 0 Å². The van der Waals surface area contributed by atoms with E-state index in [4.69, 9.17) is 32.1 Å². The summed E-state index contributed by atoms with van der Waals surface area (Å²) in [6.45, 7) is 0. The van der Waals surface area contributed by atoms with Crippen molar-refractivity contribution in [3.63, 3.8) is 0 Å². The molecule has 13 heteroatoms. The van der Waals surface area contributed by atoms with Crippen molar-refractivity contribution in [3.8, 4) is 0 Å². The topological polar surface area (TPSA) is 172 Å². The first-order chi connectivity index (χ1) is 4.00. The Morgan fingerprint density at radius 2 is 0.615 bits per heavy atom. The molecule has 0 saturated carbocycles. The second kappa shape index (κ2) is 14.9. The SMILES string of the molecule is O=[As]([O-])([O-])[O-].O=[As]([O-])([O-])[O-].[Rb+].[Rb+].[Ti+4]. The zero-order chi connectivity index (χ0) is 9.00. The van der Waals surface area contributed by atoms with Gasteiger partial charge in [-0.1, -0.05) is 0 Å². The zero-order valence-electron chi connectivity index (χ0n) is 6.66. The molecule has 0 N–H and O–H groups in total. The van der Waals surface area contributed by atoms with E-state index in [1.807, 2.05) is 0 Å². The van der Waals surface area contributed by atoms with Gasteiger partial charge in [0.1, 0.15) is 0 Å². The summed E-state index contributed by atoms with van der Waals surface area (Å²) in [6.07, 6.45) is 0. The first kappa shape index (κ1) is 30.7. The van der Waals surface area contributed by atoms with E-state index < -0.39 is 29.0 Å². The standard InChI is InChI=1S/2AsH3O4.2Rb.Ti/c2*2-1(3,4)5;;;/h2*(H3,2,3,4,5);;;/q;;2*+1;+4/p-6. The molecule has 0 aromatic rings. The van der Waals surface area contributed by atoms with Crippen LogP contribution in [0.25, 0.3) is 0 Å². The molecular weight excluding hydrogens is 497 g/mol. The van der Waals surface area contributed by atoms with Crippen molar-refractivity contribution in [3.05, 3.63) is 0 Å². The Kier molecular flexibility index (Phi) is 35.1. The molecule has 0 aliphatic carbocycles. The van der Waals surface area contributed by atoms with Crippen LogP contribution in [0.5, 0.6) is 0 Å². The van der Waals surface area contributed by atoms with Crippen molar-refractivity contribution in [2.75, 3.05) is 0 Å². The summed E-state index contributed by atoms with van der Waals surface area (Å²) in [5.74, 6) is 0. The third-order valence-corrected chi connectivity index (χ3v) is 0. The predicted octanol–water partition coefficient (Wildman–Crippen LogP) is -14.1. The van der Waals surface area contributed by atoms with Crippen molar-refractivity contribution in [1.29, 1.82) is 0 Å². The van der Waals surface area contributed by atoms with Gasteiger partial charge in [-0.05, 0) is 0 Å². The van der Waals surface area contributed by atoms with Gasteiger partial charge in [-0.15, -0.1) is 0 Å². The first-order valence-corrected chi connectivity index (χ1v) is 7.59. The van der Waals surface area contributed by atoms with E-state index in [0.717, 1.165) is 0 Å². The van der Waals surface area contributed by atoms with Crippen LogP contribution >= 0.6 is 0 Å². The van der Waals surface area contributed by atoms with Crippen LogP contribution in [0.1, 0.15) is 0 Å². The molecule has 0 atom stereocenters. The van der Waals surface area contributed by atoms with Gasteiger partial charge in [0.15, 0.2) is 0 Å². The van der Waals surface area contributed by atoms with Crippen LogP contribution in [0.4, 0.5) is 0 Å². The molecule has 0 aliphatic heterocycles. The van der Waals surface area contributed by atoms with Gasteiger partial charge in [0.05, 0.1) is 0 Å². The van der Waals surface area contributed by atoms with Crippen LogP contribution in [0.3, 0.4) is 0 Å². The van der Waals surface area contributed by atoms with E-state index >= 15 is 0 Å². The van der Waals surface area contributed by atoms with Gasteiger partial charge in [0.25, 0.3) is 0 Å². The van der Waals surface area contributed by atoms with Crippen LogP contribution in [0, 0.1) is 0 Å². The molecule has 0 spiro atoms. The van der Waals surface area contributed by atoms with Crippen LogP contribution < -0.4 is 141 Å². The fourth-order valence-corrected chi connectivity index (χ4v) is 0. The summed E-state index contributed by atoms with van der Waals surface area (Å²) in [4.78, 5) is 0. The predicted molar refractivity (Wildman–Crippen MR) is 12.9 cm³/mol. The fraction of sp³-hybridized carbons (Fsp3) is 0. The molecule has 0 heterocycles. The maximum atomic E-state index is 8.61. The van der Waals surface area contributed by atoms with Gasteiger partial charge in [-0.25, -0.2) is 0 Å². The molecule has 0 rings (SSSR count). The van der Waals surface area contributed by atoms with Gasteiger partial charge in [-0.3, -0.25) is 0 Å². The molecule has 0 bridgehead atoms. The Balaban J connectivity index is -0.0000000267. The normalized spacial score (nSPS) is 9.08. The smallest absolute Gasteiger partial charge is 1.00 e. The van der Waals surface area contributed by atoms with Gasteiger partial charge in [-0.2, -0.15) is 0 Å². The van der Waals surface area contributed by atoms with Crippen molar-refractivity contribution in [2.45, 2.75) is 0 Å². The molecule has 0 radical (unpaired) electrons. The minimum absolute atomic E-state index is 0. The maximum absolute atomic E-state index is 8.61. The van der Waals surface area contributed by atoms with E-state index in [0.29, 0.717) is 0 Å². The van der Waals surface area contributed by atoms with Gasteiger partial charge >= 0.3 is 199 Å². The molecule has 0 unspecified atom stereocenters. The van der Waals surface area contributed by atoms with Crippen LogP contribution in [-0.2, 0) is 29.2 Å².